The van der Waals surface area contributed by atoms with Crippen molar-refractivity contribution in [2.45, 2.75) is 0 Å². The molecule has 0 saturated heterocycles. The lowest BCUT2D eigenvalue weighted by Crippen LogP contribution is -1.97. The molecule has 264 valence electrons. The molecule has 0 atom stereocenters. The van der Waals surface area contributed by atoms with Gasteiger partial charge in [-0.3, -0.25) is 0 Å². The molecule has 0 N–H and O–H groups in total. The Morgan fingerprint density at radius 2 is 0.386 bits per heavy atom. The molecule has 3 nitrogen and oxygen atoms in total. The number of fused-ring (bicyclic) bond motifs is 15. The average molecular weight is 724 g/mol. The minimum absolute atomic E-state index is 1.16. The van der Waals surface area contributed by atoms with Gasteiger partial charge in [0.1, 0.15) is 0 Å². The van der Waals surface area contributed by atoms with Gasteiger partial charge < -0.3 is 13.7 Å². The minimum Gasteiger partial charge on any atom is -0.309 e. The van der Waals surface area contributed by atoms with Gasteiger partial charge in [-0.1, -0.05) is 127 Å². The van der Waals surface area contributed by atoms with Gasteiger partial charge in [-0.15, -0.1) is 0 Å². The van der Waals surface area contributed by atoms with Crippen LogP contribution in [0.1, 0.15) is 0 Å². The van der Waals surface area contributed by atoms with Crippen molar-refractivity contribution in [3.05, 3.63) is 200 Å². The second-order valence-corrected chi connectivity index (χ2v) is 15.3. The zero-order valence-corrected chi connectivity index (χ0v) is 30.9. The SMILES string of the molecule is c1ccc2c(c1)c1ccccc1n2-c1ccc2c(c1)c1ccc(-n3c4ccccc4c4ccccc43)cc1c1ccc(-n3c4ccccc4c4ccccc43)cc21. The maximum Gasteiger partial charge on any atom is 0.0541 e. The Morgan fingerprint density at radius 3 is 0.614 bits per heavy atom. The average Bonchev–Trinajstić information content (AvgIpc) is 3.92. The third-order valence-electron chi connectivity index (χ3n) is 12.4. The molecule has 0 radical (unpaired) electrons. The van der Waals surface area contributed by atoms with Gasteiger partial charge in [-0.05, 0) is 105 Å². The summed E-state index contributed by atoms with van der Waals surface area (Å²) in [6.07, 6.45) is 0. The number of para-hydroxylation sites is 6. The van der Waals surface area contributed by atoms with E-state index in [2.05, 4.69) is 214 Å². The summed E-state index contributed by atoms with van der Waals surface area (Å²) in [6, 6.07) is 73.9. The Balaban J connectivity index is 1.15. The third-order valence-corrected chi connectivity index (χ3v) is 12.4. The molecule has 0 saturated carbocycles. The summed E-state index contributed by atoms with van der Waals surface area (Å²) in [7, 11) is 0. The molecule has 13 aromatic rings. The number of hydrogen-bond acceptors (Lipinski definition) is 0. The summed E-state index contributed by atoms with van der Waals surface area (Å²) in [5.41, 5.74) is 10.8. The Bertz CT molecular complexity index is 3230. The Kier molecular flexibility index (Phi) is 6.16. The number of benzene rings is 10. The van der Waals surface area contributed by atoms with Crippen LogP contribution in [0, 0.1) is 0 Å². The summed E-state index contributed by atoms with van der Waals surface area (Å²) in [4.78, 5) is 0. The topological polar surface area (TPSA) is 14.8 Å². The summed E-state index contributed by atoms with van der Waals surface area (Å²) in [6.45, 7) is 0. The highest BCUT2D eigenvalue weighted by molar-refractivity contribution is 6.27. The highest BCUT2D eigenvalue weighted by Crippen LogP contribution is 2.42. The molecular formula is C54H33N3. The van der Waals surface area contributed by atoms with Crippen LogP contribution >= 0.6 is 0 Å². The summed E-state index contributed by atoms with van der Waals surface area (Å²) in [5, 5.41) is 15.1. The monoisotopic (exact) mass is 723 g/mol. The molecule has 0 bridgehead atoms. The normalized spacial score (nSPS) is 12.2. The van der Waals surface area contributed by atoms with E-state index in [1.165, 1.54) is 97.7 Å². The second kappa shape index (κ2) is 11.5. The van der Waals surface area contributed by atoms with E-state index < -0.39 is 0 Å². The molecular weight excluding hydrogens is 691 g/mol. The molecule has 3 aromatic heterocycles. The number of rotatable bonds is 3. The molecule has 0 aliphatic rings. The Hall–Kier alpha value is -7.62. The lowest BCUT2D eigenvalue weighted by atomic mass is 9.93. The molecule has 0 fully saturated rings. The van der Waals surface area contributed by atoms with Crippen LogP contribution in [0.5, 0.6) is 0 Å². The Labute approximate surface area is 327 Å². The largest absolute Gasteiger partial charge is 0.309 e. The van der Waals surface area contributed by atoms with Gasteiger partial charge in [-0.2, -0.15) is 0 Å². The maximum atomic E-state index is 2.43. The molecule has 10 aromatic carbocycles. The summed E-state index contributed by atoms with van der Waals surface area (Å²) < 4.78 is 7.29. The number of nitrogens with zero attached hydrogens (tertiary/aromatic N) is 3. The number of aromatic nitrogens is 3. The van der Waals surface area contributed by atoms with Gasteiger partial charge in [-0.25, -0.2) is 0 Å². The lowest BCUT2D eigenvalue weighted by molar-refractivity contribution is 1.18. The quantitative estimate of drug-likeness (QED) is 0.161. The van der Waals surface area contributed by atoms with E-state index in [1.807, 2.05) is 0 Å². The van der Waals surface area contributed by atoms with Crippen LogP contribution in [-0.4, -0.2) is 13.7 Å². The van der Waals surface area contributed by atoms with Gasteiger partial charge in [0.15, 0.2) is 0 Å². The van der Waals surface area contributed by atoms with Crippen LogP contribution in [0.15, 0.2) is 200 Å². The zero-order chi connectivity index (χ0) is 37.2. The van der Waals surface area contributed by atoms with E-state index >= 15 is 0 Å². The van der Waals surface area contributed by atoms with Crippen molar-refractivity contribution in [2.24, 2.45) is 0 Å². The van der Waals surface area contributed by atoms with E-state index in [0.29, 0.717) is 0 Å². The van der Waals surface area contributed by atoms with E-state index in [0.717, 1.165) is 17.1 Å². The predicted octanol–water partition coefficient (Wildman–Crippen LogP) is 14.4. The molecule has 0 spiro atoms. The standard InChI is InChI=1S/C54H33N3/c1-7-19-49-40(13-1)41-14-2-8-20-50(41)55(49)34-25-28-37-46(31-34)38-29-26-35(56-51-21-9-3-15-42(51)43-16-4-10-22-52(43)56)33-48(38)39-30-27-36(32-47(37)39)57-53-23-11-5-17-44(53)45-18-6-12-24-54(45)57/h1-33H. The molecule has 3 heterocycles. The van der Waals surface area contributed by atoms with Crippen molar-refractivity contribution >= 4 is 97.7 Å². The van der Waals surface area contributed by atoms with Gasteiger partial charge in [0.25, 0.3) is 0 Å². The van der Waals surface area contributed by atoms with Crippen LogP contribution in [0.2, 0.25) is 0 Å². The molecule has 0 aliphatic heterocycles. The van der Waals surface area contributed by atoms with Gasteiger partial charge in [0, 0.05) is 49.4 Å². The Morgan fingerprint density at radius 1 is 0.175 bits per heavy atom. The van der Waals surface area contributed by atoms with Crippen LogP contribution in [0.3, 0.4) is 0 Å². The zero-order valence-electron chi connectivity index (χ0n) is 30.9. The second-order valence-electron chi connectivity index (χ2n) is 15.3. The predicted molar refractivity (Wildman–Crippen MR) is 242 cm³/mol. The molecule has 0 aliphatic carbocycles. The van der Waals surface area contributed by atoms with Crippen molar-refractivity contribution in [2.75, 3.05) is 0 Å². The van der Waals surface area contributed by atoms with E-state index in [-0.39, 0.29) is 0 Å². The summed E-state index contributed by atoms with van der Waals surface area (Å²) >= 11 is 0. The van der Waals surface area contributed by atoms with E-state index in [4.69, 9.17) is 0 Å². The van der Waals surface area contributed by atoms with Crippen LogP contribution < -0.4 is 0 Å². The van der Waals surface area contributed by atoms with Crippen molar-refractivity contribution in [3.8, 4) is 17.1 Å². The van der Waals surface area contributed by atoms with Crippen molar-refractivity contribution in [1.82, 2.24) is 13.7 Å². The highest BCUT2D eigenvalue weighted by atomic mass is 15.0. The first-order valence-electron chi connectivity index (χ1n) is 19.7. The van der Waals surface area contributed by atoms with E-state index in [9.17, 15) is 0 Å². The van der Waals surface area contributed by atoms with E-state index in [1.54, 1.807) is 0 Å². The van der Waals surface area contributed by atoms with Gasteiger partial charge in [0.2, 0.25) is 0 Å². The fraction of sp³-hybridized carbons (Fsp3) is 0. The van der Waals surface area contributed by atoms with Crippen molar-refractivity contribution < 1.29 is 0 Å². The molecule has 0 unspecified atom stereocenters. The molecule has 0 amide bonds. The summed E-state index contributed by atoms with van der Waals surface area (Å²) in [5.74, 6) is 0. The van der Waals surface area contributed by atoms with Gasteiger partial charge in [0.05, 0.1) is 33.1 Å². The third kappa shape index (κ3) is 4.20. The fourth-order valence-corrected chi connectivity index (χ4v) is 9.99. The lowest BCUT2D eigenvalue weighted by Gasteiger charge is -2.17. The number of hydrogen-bond donors (Lipinski definition) is 0. The molecule has 57 heavy (non-hydrogen) atoms. The fourth-order valence-electron chi connectivity index (χ4n) is 9.99. The highest BCUT2D eigenvalue weighted by Gasteiger charge is 2.18. The van der Waals surface area contributed by atoms with Crippen molar-refractivity contribution in [3.63, 3.8) is 0 Å². The minimum atomic E-state index is 1.16. The first kappa shape index (κ1) is 30.7. The first-order chi connectivity index (χ1) is 28.3. The molecule has 3 heteroatoms. The van der Waals surface area contributed by atoms with Crippen molar-refractivity contribution in [1.29, 1.82) is 0 Å². The van der Waals surface area contributed by atoms with Gasteiger partial charge >= 0.3 is 0 Å². The van der Waals surface area contributed by atoms with Crippen LogP contribution in [0.25, 0.3) is 115 Å². The molecule has 13 rings (SSSR count). The first-order valence-corrected chi connectivity index (χ1v) is 19.7. The van der Waals surface area contributed by atoms with Crippen LogP contribution in [-0.2, 0) is 0 Å². The smallest absolute Gasteiger partial charge is 0.0541 e. The van der Waals surface area contributed by atoms with Crippen LogP contribution in [0.4, 0.5) is 0 Å². The maximum absolute atomic E-state index is 2.43.